The zero-order valence-electron chi connectivity index (χ0n) is 10.4. The van der Waals surface area contributed by atoms with Gasteiger partial charge in [0.2, 0.25) is 0 Å². The molecule has 0 heterocycles. The van der Waals surface area contributed by atoms with Gasteiger partial charge >= 0.3 is 6.09 Å². The van der Waals surface area contributed by atoms with Crippen molar-refractivity contribution in [3.8, 4) is 0 Å². The van der Waals surface area contributed by atoms with Gasteiger partial charge in [0, 0.05) is 12.2 Å². The molecule has 0 aromatic heterocycles. The van der Waals surface area contributed by atoms with Crippen LogP contribution in [-0.2, 0) is 11.3 Å². The Morgan fingerprint density at radius 1 is 1.41 bits per heavy atom. The van der Waals surface area contributed by atoms with Crippen molar-refractivity contribution in [3.63, 3.8) is 0 Å². The van der Waals surface area contributed by atoms with Gasteiger partial charge in [-0.05, 0) is 31.0 Å². The Kier molecular flexibility index (Phi) is 5.49. The molecule has 1 amide bonds. The second kappa shape index (κ2) is 6.91. The maximum Gasteiger partial charge on any atom is 0.411 e. The van der Waals surface area contributed by atoms with Crippen molar-refractivity contribution in [1.29, 1.82) is 0 Å². The van der Waals surface area contributed by atoms with Gasteiger partial charge < -0.3 is 10.5 Å². The van der Waals surface area contributed by atoms with Gasteiger partial charge in [-0.1, -0.05) is 25.5 Å². The monoisotopic (exact) mass is 236 g/mol. The van der Waals surface area contributed by atoms with Crippen LogP contribution >= 0.6 is 0 Å². The zero-order valence-corrected chi connectivity index (χ0v) is 10.4. The fourth-order valence-corrected chi connectivity index (χ4v) is 1.52. The third-order valence-electron chi connectivity index (χ3n) is 2.44. The number of rotatable bonds is 5. The minimum atomic E-state index is -0.411. The molecule has 1 unspecified atom stereocenters. The van der Waals surface area contributed by atoms with Gasteiger partial charge in [0.05, 0.1) is 0 Å². The topological polar surface area (TPSA) is 64.3 Å². The smallest absolute Gasteiger partial charge is 0.411 e. The summed E-state index contributed by atoms with van der Waals surface area (Å²) in [4.78, 5) is 11.5. The summed E-state index contributed by atoms with van der Waals surface area (Å²) in [7, 11) is 0. The summed E-state index contributed by atoms with van der Waals surface area (Å²) in [6.07, 6.45) is 1.41. The Morgan fingerprint density at radius 2 is 2.06 bits per heavy atom. The number of nitrogens with one attached hydrogen (secondary N) is 1. The molecule has 1 aromatic carbocycles. The fourth-order valence-electron chi connectivity index (χ4n) is 1.52. The van der Waals surface area contributed by atoms with Crippen molar-refractivity contribution in [2.45, 2.75) is 39.3 Å². The first-order valence-electron chi connectivity index (χ1n) is 5.92. The molecule has 4 heteroatoms. The maximum absolute atomic E-state index is 11.5. The summed E-state index contributed by atoms with van der Waals surface area (Å²) in [5.41, 5.74) is 7.24. The number of amides is 1. The van der Waals surface area contributed by atoms with Crippen molar-refractivity contribution in [3.05, 3.63) is 29.8 Å². The lowest BCUT2D eigenvalue weighted by atomic mass is 10.2. The van der Waals surface area contributed by atoms with Gasteiger partial charge in [-0.3, -0.25) is 5.32 Å². The van der Waals surface area contributed by atoms with Crippen molar-refractivity contribution >= 4 is 11.8 Å². The second-order valence-electron chi connectivity index (χ2n) is 4.03. The maximum atomic E-state index is 11.5. The molecule has 1 rings (SSSR count). The normalized spacial score (nSPS) is 11.9. The molecular weight excluding hydrogens is 216 g/mol. The molecule has 0 fully saturated rings. The molecule has 3 N–H and O–H groups in total. The lowest BCUT2D eigenvalue weighted by molar-refractivity contribution is 0.115. The number of ether oxygens (including phenoxy) is 1. The van der Waals surface area contributed by atoms with E-state index in [-0.39, 0.29) is 6.10 Å². The van der Waals surface area contributed by atoms with Crippen LogP contribution in [0.1, 0.15) is 32.3 Å². The predicted octanol–water partition coefficient (Wildman–Crippen LogP) is 2.88. The van der Waals surface area contributed by atoms with E-state index in [1.807, 2.05) is 31.2 Å². The molecule has 0 spiro atoms. The molecule has 0 aliphatic rings. The number of hydrogen-bond acceptors (Lipinski definition) is 3. The number of hydrogen-bond donors (Lipinski definition) is 2. The molecule has 0 radical (unpaired) electrons. The zero-order chi connectivity index (χ0) is 12.7. The Balaban J connectivity index is 2.44. The first-order chi connectivity index (χ1) is 8.15. The Bertz CT molecular complexity index is 349. The van der Waals surface area contributed by atoms with Gasteiger partial charge in [0.1, 0.15) is 6.10 Å². The second-order valence-corrected chi connectivity index (χ2v) is 4.03. The SMILES string of the molecule is CCCC(C)OC(=O)Nc1ccc(CN)cc1. The summed E-state index contributed by atoms with van der Waals surface area (Å²) in [6, 6.07) is 7.39. The predicted molar refractivity (Wildman–Crippen MR) is 68.8 cm³/mol. The highest BCUT2D eigenvalue weighted by Gasteiger charge is 2.08. The number of benzene rings is 1. The minimum absolute atomic E-state index is 0.0525. The van der Waals surface area contributed by atoms with Crippen molar-refractivity contribution < 1.29 is 9.53 Å². The lowest BCUT2D eigenvalue weighted by Gasteiger charge is -2.13. The highest BCUT2D eigenvalue weighted by atomic mass is 16.6. The third kappa shape index (κ3) is 4.87. The van der Waals surface area contributed by atoms with Gasteiger partial charge in [-0.25, -0.2) is 4.79 Å². The molecule has 0 bridgehead atoms. The van der Waals surface area contributed by atoms with Crippen molar-refractivity contribution in [2.75, 3.05) is 5.32 Å². The third-order valence-corrected chi connectivity index (χ3v) is 2.44. The summed E-state index contributed by atoms with van der Waals surface area (Å²) < 4.78 is 5.18. The van der Waals surface area contributed by atoms with Crippen LogP contribution in [0.4, 0.5) is 10.5 Å². The molecule has 1 aromatic rings. The van der Waals surface area contributed by atoms with E-state index < -0.39 is 6.09 Å². The van der Waals surface area contributed by atoms with Crippen LogP contribution < -0.4 is 11.1 Å². The van der Waals surface area contributed by atoms with Crippen LogP contribution in [0.5, 0.6) is 0 Å². The summed E-state index contributed by atoms with van der Waals surface area (Å²) in [5, 5.41) is 2.68. The van der Waals surface area contributed by atoms with Gasteiger partial charge in [-0.15, -0.1) is 0 Å². The molecule has 0 aliphatic heterocycles. The summed E-state index contributed by atoms with van der Waals surface area (Å²) in [6.45, 7) is 4.45. The number of nitrogens with two attached hydrogens (primary N) is 1. The highest BCUT2D eigenvalue weighted by Crippen LogP contribution is 2.10. The molecule has 0 saturated heterocycles. The first kappa shape index (κ1) is 13.5. The van der Waals surface area contributed by atoms with E-state index in [2.05, 4.69) is 12.2 Å². The quantitative estimate of drug-likeness (QED) is 0.826. The number of carbonyl (C=O) groups is 1. The molecule has 17 heavy (non-hydrogen) atoms. The van der Waals surface area contributed by atoms with Gasteiger partial charge in [0.15, 0.2) is 0 Å². The molecular formula is C13H20N2O2. The van der Waals surface area contributed by atoms with Crippen LogP contribution in [0.15, 0.2) is 24.3 Å². The average molecular weight is 236 g/mol. The van der Waals surface area contributed by atoms with E-state index in [4.69, 9.17) is 10.5 Å². The van der Waals surface area contributed by atoms with Crippen LogP contribution in [0, 0.1) is 0 Å². The first-order valence-corrected chi connectivity index (χ1v) is 5.92. The Labute approximate surface area is 102 Å². The molecule has 94 valence electrons. The van der Waals surface area contributed by atoms with Crippen LogP contribution in [-0.4, -0.2) is 12.2 Å². The van der Waals surface area contributed by atoms with E-state index in [9.17, 15) is 4.79 Å². The minimum Gasteiger partial charge on any atom is -0.446 e. The van der Waals surface area contributed by atoms with Crippen LogP contribution in [0.2, 0.25) is 0 Å². The van der Waals surface area contributed by atoms with Crippen LogP contribution in [0.3, 0.4) is 0 Å². The van der Waals surface area contributed by atoms with Gasteiger partial charge in [-0.2, -0.15) is 0 Å². The fraction of sp³-hybridized carbons (Fsp3) is 0.462. The molecule has 4 nitrogen and oxygen atoms in total. The molecule has 1 atom stereocenters. The van der Waals surface area contributed by atoms with E-state index in [1.165, 1.54) is 0 Å². The number of anilines is 1. The average Bonchev–Trinajstić information content (AvgIpc) is 2.30. The van der Waals surface area contributed by atoms with E-state index >= 15 is 0 Å². The lowest BCUT2D eigenvalue weighted by Crippen LogP contribution is -2.20. The Hall–Kier alpha value is -1.55. The standard InChI is InChI=1S/C13H20N2O2/c1-3-4-10(2)17-13(16)15-12-7-5-11(9-14)6-8-12/h5-8,10H,3-4,9,14H2,1-2H3,(H,15,16). The van der Waals surface area contributed by atoms with E-state index in [0.717, 1.165) is 24.1 Å². The highest BCUT2D eigenvalue weighted by molar-refractivity contribution is 5.84. The summed E-state index contributed by atoms with van der Waals surface area (Å²) >= 11 is 0. The Morgan fingerprint density at radius 3 is 2.59 bits per heavy atom. The van der Waals surface area contributed by atoms with E-state index in [0.29, 0.717) is 6.54 Å². The van der Waals surface area contributed by atoms with Crippen molar-refractivity contribution in [2.24, 2.45) is 5.73 Å². The summed E-state index contributed by atoms with van der Waals surface area (Å²) in [5.74, 6) is 0. The molecule has 0 aliphatic carbocycles. The molecule has 0 saturated carbocycles. The van der Waals surface area contributed by atoms with Gasteiger partial charge in [0.25, 0.3) is 0 Å². The largest absolute Gasteiger partial charge is 0.446 e. The van der Waals surface area contributed by atoms with E-state index in [1.54, 1.807) is 0 Å². The number of carbonyl (C=O) groups excluding carboxylic acids is 1. The van der Waals surface area contributed by atoms with Crippen LogP contribution in [0.25, 0.3) is 0 Å². The van der Waals surface area contributed by atoms with Crippen molar-refractivity contribution in [1.82, 2.24) is 0 Å².